The summed E-state index contributed by atoms with van der Waals surface area (Å²) in [6.45, 7) is 4.02. The zero-order chi connectivity index (χ0) is 11.5. The molecule has 1 aromatic carbocycles. The monoisotopic (exact) mass is 214 g/mol. The minimum Gasteiger partial charge on any atom is -0.382 e. The van der Waals surface area contributed by atoms with Crippen molar-refractivity contribution < 1.29 is 5.11 Å². The van der Waals surface area contributed by atoms with Crippen LogP contribution in [-0.4, -0.2) is 15.1 Å². The Balaban J connectivity index is 2.38. The number of benzene rings is 1. The smallest absolute Gasteiger partial charge is 0.123 e. The molecule has 0 spiro atoms. The molecule has 2 aromatic rings. The second-order valence-corrected chi connectivity index (χ2v) is 3.89. The van der Waals surface area contributed by atoms with Crippen molar-refractivity contribution in [3.05, 3.63) is 59.2 Å². The third-order valence-corrected chi connectivity index (χ3v) is 2.58. The zero-order valence-corrected chi connectivity index (χ0v) is 9.38. The highest BCUT2D eigenvalue weighted by Gasteiger charge is 2.13. The van der Waals surface area contributed by atoms with E-state index in [9.17, 15) is 5.11 Å². The molecule has 2 rings (SSSR count). The molecule has 0 aliphatic heterocycles. The molecule has 82 valence electrons. The van der Waals surface area contributed by atoms with Crippen LogP contribution in [0.5, 0.6) is 0 Å². The first-order chi connectivity index (χ1) is 7.68. The Labute approximate surface area is 94.8 Å². The van der Waals surface area contributed by atoms with Crippen LogP contribution in [0.15, 0.2) is 36.8 Å². The van der Waals surface area contributed by atoms with Crippen LogP contribution in [-0.2, 0) is 0 Å². The Hall–Kier alpha value is -1.74. The lowest BCUT2D eigenvalue weighted by molar-refractivity contribution is 0.214. The van der Waals surface area contributed by atoms with E-state index in [1.807, 2.05) is 26.0 Å². The van der Waals surface area contributed by atoms with E-state index in [-0.39, 0.29) is 0 Å². The molecule has 0 bridgehead atoms. The highest BCUT2D eigenvalue weighted by atomic mass is 16.3. The summed E-state index contributed by atoms with van der Waals surface area (Å²) in [6, 6.07) is 5.97. The first-order valence-corrected chi connectivity index (χ1v) is 5.19. The molecule has 1 N–H and O–H groups in total. The van der Waals surface area contributed by atoms with Crippen LogP contribution in [0.3, 0.4) is 0 Å². The minimum absolute atomic E-state index is 0.578. The topological polar surface area (TPSA) is 46.0 Å². The molecule has 0 aliphatic rings. The highest BCUT2D eigenvalue weighted by Crippen LogP contribution is 2.23. The Morgan fingerprint density at radius 2 is 2.00 bits per heavy atom. The summed E-state index contributed by atoms with van der Waals surface area (Å²) >= 11 is 0. The second kappa shape index (κ2) is 4.41. The first kappa shape index (κ1) is 10.8. The molecule has 16 heavy (non-hydrogen) atoms. The average molecular weight is 214 g/mol. The van der Waals surface area contributed by atoms with Gasteiger partial charge in [-0.05, 0) is 25.0 Å². The maximum Gasteiger partial charge on any atom is 0.123 e. The first-order valence-electron chi connectivity index (χ1n) is 5.19. The van der Waals surface area contributed by atoms with Gasteiger partial charge in [0.1, 0.15) is 6.10 Å². The number of aryl methyl sites for hydroxylation is 2. The lowest BCUT2D eigenvalue weighted by atomic mass is 9.99. The zero-order valence-electron chi connectivity index (χ0n) is 9.38. The highest BCUT2D eigenvalue weighted by molar-refractivity contribution is 5.35. The van der Waals surface area contributed by atoms with E-state index in [0.29, 0.717) is 5.69 Å². The molecule has 1 unspecified atom stereocenters. The number of nitrogens with zero attached hydrogens (tertiary/aromatic N) is 2. The van der Waals surface area contributed by atoms with Gasteiger partial charge in [0.05, 0.1) is 11.9 Å². The minimum atomic E-state index is -0.700. The second-order valence-electron chi connectivity index (χ2n) is 3.89. The van der Waals surface area contributed by atoms with Gasteiger partial charge in [-0.25, -0.2) is 0 Å². The van der Waals surface area contributed by atoms with Crippen molar-refractivity contribution in [2.45, 2.75) is 20.0 Å². The Morgan fingerprint density at radius 1 is 1.19 bits per heavy atom. The van der Waals surface area contributed by atoms with Crippen molar-refractivity contribution in [3.63, 3.8) is 0 Å². The summed E-state index contributed by atoms with van der Waals surface area (Å²) in [5.74, 6) is 0. The molecular weight excluding hydrogens is 200 g/mol. The number of aliphatic hydroxyl groups is 1. The summed E-state index contributed by atoms with van der Waals surface area (Å²) in [5.41, 5.74) is 3.71. The molecule has 3 nitrogen and oxygen atoms in total. The summed E-state index contributed by atoms with van der Waals surface area (Å²) in [4.78, 5) is 8.06. The summed E-state index contributed by atoms with van der Waals surface area (Å²) < 4.78 is 0. The largest absolute Gasteiger partial charge is 0.382 e. The Morgan fingerprint density at radius 3 is 2.62 bits per heavy atom. The number of rotatable bonds is 2. The van der Waals surface area contributed by atoms with E-state index in [2.05, 4.69) is 16.0 Å². The van der Waals surface area contributed by atoms with Crippen LogP contribution in [0.2, 0.25) is 0 Å². The van der Waals surface area contributed by atoms with Crippen molar-refractivity contribution in [3.8, 4) is 0 Å². The lowest BCUT2D eigenvalue weighted by Gasteiger charge is -2.13. The van der Waals surface area contributed by atoms with Gasteiger partial charge in [0.15, 0.2) is 0 Å². The molecule has 0 radical (unpaired) electrons. The Kier molecular flexibility index (Phi) is 2.97. The van der Waals surface area contributed by atoms with E-state index >= 15 is 0 Å². The maximum atomic E-state index is 10.2. The van der Waals surface area contributed by atoms with Gasteiger partial charge in [0.25, 0.3) is 0 Å². The molecule has 3 heteroatoms. The average Bonchev–Trinajstić information content (AvgIpc) is 2.29. The number of aromatic nitrogens is 2. The predicted molar refractivity (Wildman–Crippen MR) is 62.0 cm³/mol. The van der Waals surface area contributed by atoms with Crippen molar-refractivity contribution >= 4 is 0 Å². The molecule has 0 saturated carbocycles. The van der Waals surface area contributed by atoms with Gasteiger partial charge in [-0.1, -0.05) is 23.8 Å². The van der Waals surface area contributed by atoms with Crippen molar-refractivity contribution in [1.29, 1.82) is 0 Å². The van der Waals surface area contributed by atoms with Crippen molar-refractivity contribution in [2.24, 2.45) is 0 Å². The Bertz CT molecular complexity index is 483. The van der Waals surface area contributed by atoms with Gasteiger partial charge in [-0.3, -0.25) is 9.97 Å². The van der Waals surface area contributed by atoms with Crippen LogP contribution in [0, 0.1) is 13.8 Å². The van der Waals surface area contributed by atoms with Gasteiger partial charge >= 0.3 is 0 Å². The maximum absolute atomic E-state index is 10.2. The van der Waals surface area contributed by atoms with Crippen LogP contribution >= 0.6 is 0 Å². The summed E-state index contributed by atoms with van der Waals surface area (Å²) in [6.07, 6.45) is 4.07. The predicted octanol–water partition coefficient (Wildman–Crippen LogP) is 2.18. The molecule has 0 amide bonds. The van der Waals surface area contributed by atoms with Crippen LogP contribution in [0.25, 0.3) is 0 Å². The molecular formula is C13H14N2O. The number of hydrogen-bond donors (Lipinski definition) is 1. The number of aliphatic hydroxyl groups excluding tert-OH is 1. The van der Waals surface area contributed by atoms with Gasteiger partial charge in [0.2, 0.25) is 0 Å². The summed E-state index contributed by atoms with van der Waals surface area (Å²) in [7, 11) is 0. The molecule has 0 fully saturated rings. The van der Waals surface area contributed by atoms with E-state index in [0.717, 1.165) is 11.1 Å². The van der Waals surface area contributed by atoms with E-state index in [1.54, 1.807) is 18.6 Å². The van der Waals surface area contributed by atoms with E-state index < -0.39 is 6.10 Å². The molecule has 1 atom stereocenters. The fraction of sp³-hybridized carbons (Fsp3) is 0.231. The van der Waals surface area contributed by atoms with Gasteiger partial charge in [-0.15, -0.1) is 0 Å². The molecule has 0 saturated heterocycles. The number of hydrogen-bond acceptors (Lipinski definition) is 3. The van der Waals surface area contributed by atoms with Crippen LogP contribution in [0.4, 0.5) is 0 Å². The van der Waals surface area contributed by atoms with Crippen LogP contribution in [0.1, 0.15) is 28.5 Å². The van der Waals surface area contributed by atoms with Crippen molar-refractivity contribution in [1.82, 2.24) is 9.97 Å². The SMILES string of the molecule is Cc1ccc(C(O)c2cnccn2)c(C)c1. The van der Waals surface area contributed by atoms with Gasteiger partial charge < -0.3 is 5.11 Å². The van der Waals surface area contributed by atoms with Crippen molar-refractivity contribution in [2.75, 3.05) is 0 Å². The van der Waals surface area contributed by atoms with Gasteiger partial charge in [-0.2, -0.15) is 0 Å². The standard InChI is InChI=1S/C13H14N2O/c1-9-3-4-11(10(2)7-9)13(16)12-8-14-5-6-15-12/h3-8,13,16H,1-2H3. The van der Waals surface area contributed by atoms with E-state index in [1.165, 1.54) is 5.56 Å². The van der Waals surface area contributed by atoms with E-state index in [4.69, 9.17) is 0 Å². The fourth-order valence-electron chi connectivity index (χ4n) is 1.74. The summed E-state index contributed by atoms with van der Waals surface area (Å²) in [5, 5.41) is 10.2. The fourth-order valence-corrected chi connectivity index (χ4v) is 1.74. The quantitative estimate of drug-likeness (QED) is 0.833. The molecule has 1 heterocycles. The molecule has 0 aliphatic carbocycles. The third kappa shape index (κ3) is 2.09. The molecule has 1 aromatic heterocycles. The van der Waals surface area contributed by atoms with Crippen LogP contribution < -0.4 is 0 Å². The third-order valence-electron chi connectivity index (χ3n) is 2.58. The lowest BCUT2D eigenvalue weighted by Crippen LogP contribution is -2.04. The van der Waals surface area contributed by atoms with Gasteiger partial charge in [0, 0.05) is 12.4 Å². The normalized spacial score (nSPS) is 12.4.